The van der Waals surface area contributed by atoms with E-state index in [4.69, 9.17) is 9.47 Å². The fourth-order valence-electron chi connectivity index (χ4n) is 3.93. The molecule has 2 aromatic rings. The van der Waals surface area contributed by atoms with Gasteiger partial charge in [0.2, 0.25) is 0 Å². The predicted octanol–water partition coefficient (Wildman–Crippen LogP) is 3.71. The van der Waals surface area contributed by atoms with Gasteiger partial charge in [-0.15, -0.1) is 11.3 Å². The third-order valence-corrected chi connectivity index (χ3v) is 6.08. The summed E-state index contributed by atoms with van der Waals surface area (Å²) in [5.74, 6) is 0. The molecular weight excluding hydrogens is 332 g/mol. The van der Waals surface area contributed by atoms with E-state index >= 15 is 0 Å². The minimum absolute atomic E-state index is 0.00356. The maximum atomic E-state index is 6.15. The van der Waals surface area contributed by atoms with Crippen LogP contribution in [-0.2, 0) is 22.6 Å². The van der Waals surface area contributed by atoms with Gasteiger partial charge in [-0.2, -0.15) is 0 Å². The van der Waals surface area contributed by atoms with Crippen molar-refractivity contribution >= 4 is 11.3 Å². The lowest BCUT2D eigenvalue weighted by atomic mass is 9.84. The van der Waals surface area contributed by atoms with Crippen LogP contribution in [-0.4, -0.2) is 41.3 Å². The Morgan fingerprint density at radius 2 is 2.16 bits per heavy atom. The van der Waals surface area contributed by atoms with E-state index in [0.717, 1.165) is 49.8 Å². The summed E-state index contributed by atoms with van der Waals surface area (Å²) in [6.45, 7) is 8.69. The van der Waals surface area contributed by atoms with E-state index in [2.05, 4.69) is 46.5 Å². The number of aryl methyl sites for hydroxylation is 2. The van der Waals surface area contributed by atoms with Crippen LogP contribution in [0.3, 0.4) is 0 Å². The molecule has 0 bridgehead atoms. The van der Waals surface area contributed by atoms with E-state index in [1.54, 1.807) is 11.3 Å². The van der Waals surface area contributed by atoms with Crippen molar-refractivity contribution in [1.82, 2.24) is 9.88 Å². The van der Waals surface area contributed by atoms with E-state index in [0.29, 0.717) is 6.61 Å². The molecule has 2 aliphatic heterocycles. The number of hydrogen-bond acceptors (Lipinski definition) is 5. The highest BCUT2D eigenvalue weighted by atomic mass is 32.1. The molecular formula is C20H26N2O2S. The zero-order valence-electron chi connectivity index (χ0n) is 15.0. The van der Waals surface area contributed by atoms with Crippen LogP contribution in [0.1, 0.15) is 34.7 Å². The first-order valence-electron chi connectivity index (χ1n) is 9.05. The molecule has 5 heteroatoms. The molecule has 0 saturated carbocycles. The van der Waals surface area contributed by atoms with Gasteiger partial charge < -0.3 is 9.47 Å². The van der Waals surface area contributed by atoms with Crippen LogP contribution in [0.15, 0.2) is 29.6 Å². The van der Waals surface area contributed by atoms with E-state index < -0.39 is 0 Å². The monoisotopic (exact) mass is 358 g/mol. The van der Waals surface area contributed by atoms with Gasteiger partial charge in [0.05, 0.1) is 29.0 Å². The molecule has 0 radical (unpaired) electrons. The number of likely N-dealkylation sites (tertiary alicyclic amines) is 1. The van der Waals surface area contributed by atoms with Gasteiger partial charge in [0.15, 0.2) is 0 Å². The van der Waals surface area contributed by atoms with Crippen molar-refractivity contribution < 1.29 is 9.47 Å². The summed E-state index contributed by atoms with van der Waals surface area (Å²) in [5.41, 5.74) is 3.84. The molecule has 1 atom stereocenters. The normalized spacial score (nSPS) is 22.9. The Kier molecular flexibility index (Phi) is 4.91. The van der Waals surface area contributed by atoms with Gasteiger partial charge in [0.25, 0.3) is 0 Å². The van der Waals surface area contributed by atoms with E-state index in [1.807, 2.05) is 6.92 Å². The van der Waals surface area contributed by atoms with Crippen LogP contribution in [0.2, 0.25) is 0 Å². The molecule has 2 aliphatic rings. The van der Waals surface area contributed by atoms with E-state index in [1.165, 1.54) is 11.1 Å². The molecule has 3 heterocycles. The molecule has 4 nitrogen and oxygen atoms in total. The molecule has 0 N–H and O–H groups in total. The fourth-order valence-corrected chi connectivity index (χ4v) is 4.53. The summed E-state index contributed by atoms with van der Waals surface area (Å²) in [5, 5.41) is 3.20. The van der Waals surface area contributed by atoms with Crippen molar-refractivity contribution in [2.24, 2.45) is 0 Å². The summed E-state index contributed by atoms with van der Waals surface area (Å²) in [6, 6.07) is 8.64. The van der Waals surface area contributed by atoms with E-state index in [9.17, 15) is 0 Å². The zero-order valence-corrected chi connectivity index (χ0v) is 15.8. The van der Waals surface area contributed by atoms with Crippen molar-refractivity contribution in [2.45, 2.75) is 51.5 Å². The van der Waals surface area contributed by atoms with Gasteiger partial charge in [-0.25, -0.2) is 4.98 Å². The Balaban J connectivity index is 1.28. The molecule has 1 spiro atoms. The predicted molar refractivity (Wildman–Crippen MR) is 99.8 cm³/mol. The first-order valence-corrected chi connectivity index (χ1v) is 9.93. The maximum Gasteiger partial charge on any atom is 0.0959 e. The Morgan fingerprint density at radius 3 is 2.92 bits per heavy atom. The topological polar surface area (TPSA) is 34.6 Å². The second-order valence-electron chi connectivity index (χ2n) is 7.39. The second kappa shape index (κ2) is 7.16. The van der Waals surface area contributed by atoms with Crippen LogP contribution in [0.25, 0.3) is 0 Å². The molecule has 1 aromatic heterocycles. The standard InChI is InChI=1S/C20H26N2O2S/c1-15-5-3-4-6-17(15)10-22-13-20(14-22)9-19(7-8-24-20)23-11-18-12-25-16(2)21-18/h3-6,12,19H,7-11,13-14H2,1-2H3/t19-/m1/s1. The Bertz CT molecular complexity index is 724. The highest BCUT2D eigenvalue weighted by Crippen LogP contribution is 2.36. The lowest BCUT2D eigenvalue weighted by Crippen LogP contribution is -2.65. The Morgan fingerprint density at radius 1 is 1.32 bits per heavy atom. The average Bonchev–Trinajstić information content (AvgIpc) is 2.99. The highest BCUT2D eigenvalue weighted by Gasteiger charge is 2.47. The third-order valence-electron chi connectivity index (χ3n) is 5.26. The van der Waals surface area contributed by atoms with Gasteiger partial charge in [-0.3, -0.25) is 4.90 Å². The molecule has 25 heavy (non-hydrogen) atoms. The number of rotatable bonds is 5. The number of aromatic nitrogens is 1. The van der Waals surface area contributed by atoms with Crippen LogP contribution in [0, 0.1) is 13.8 Å². The number of thiazole rings is 1. The number of hydrogen-bond donors (Lipinski definition) is 0. The summed E-state index contributed by atoms with van der Waals surface area (Å²) in [6.07, 6.45) is 2.28. The number of ether oxygens (including phenoxy) is 2. The minimum Gasteiger partial charge on any atom is -0.372 e. The zero-order chi connectivity index (χ0) is 17.3. The van der Waals surface area contributed by atoms with Crippen LogP contribution in [0.5, 0.6) is 0 Å². The molecule has 134 valence electrons. The summed E-state index contributed by atoms with van der Waals surface area (Å²) < 4.78 is 12.3. The first kappa shape index (κ1) is 17.2. The van der Waals surface area contributed by atoms with Gasteiger partial charge in [0, 0.05) is 38.0 Å². The molecule has 2 saturated heterocycles. The van der Waals surface area contributed by atoms with E-state index in [-0.39, 0.29) is 11.7 Å². The van der Waals surface area contributed by atoms with Crippen molar-refractivity contribution in [2.75, 3.05) is 19.7 Å². The molecule has 0 amide bonds. The quantitative estimate of drug-likeness (QED) is 0.816. The lowest BCUT2D eigenvalue weighted by molar-refractivity contribution is -0.200. The van der Waals surface area contributed by atoms with Crippen LogP contribution >= 0.6 is 11.3 Å². The first-order chi connectivity index (χ1) is 12.1. The van der Waals surface area contributed by atoms with Gasteiger partial charge in [-0.05, 0) is 31.4 Å². The summed E-state index contributed by atoms with van der Waals surface area (Å²) in [7, 11) is 0. The average molecular weight is 359 g/mol. The molecule has 1 aromatic carbocycles. The summed E-state index contributed by atoms with van der Waals surface area (Å²) in [4.78, 5) is 6.97. The second-order valence-corrected chi connectivity index (χ2v) is 8.45. The molecule has 4 rings (SSSR count). The van der Waals surface area contributed by atoms with Crippen molar-refractivity contribution in [3.63, 3.8) is 0 Å². The van der Waals surface area contributed by atoms with Gasteiger partial charge in [0.1, 0.15) is 0 Å². The van der Waals surface area contributed by atoms with Crippen LogP contribution < -0.4 is 0 Å². The Hall–Kier alpha value is -1.27. The lowest BCUT2D eigenvalue weighted by Gasteiger charge is -2.53. The molecule has 0 unspecified atom stereocenters. The van der Waals surface area contributed by atoms with Crippen molar-refractivity contribution in [3.8, 4) is 0 Å². The number of benzene rings is 1. The third kappa shape index (κ3) is 3.95. The SMILES string of the molecule is Cc1nc(CO[C@@H]2CCOC3(C2)CN(Cc2ccccc2C)C3)cs1. The highest BCUT2D eigenvalue weighted by molar-refractivity contribution is 7.09. The largest absolute Gasteiger partial charge is 0.372 e. The molecule has 2 fully saturated rings. The Labute approximate surface area is 153 Å². The van der Waals surface area contributed by atoms with Gasteiger partial charge in [-0.1, -0.05) is 24.3 Å². The van der Waals surface area contributed by atoms with Gasteiger partial charge >= 0.3 is 0 Å². The summed E-state index contributed by atoms with van der Waals surface area (Å²) >= 11 is 1.69. The number of nitrogens with zero attached hydrogens (tertiary/aromatic N) is 2. The fraction of sp³-hybridized carbons (Fsp3) is 0.550. The minimum atomic E-state index is 0.00356. The van der Waals surface area contributed by atoms with Crippen molar-refractivity contribution in [3.05, 3.63) is 51.5 Å². The smallest absolute Gasteiger partial charge is 0.0959 e. The maximum absolute atomic E-state index is 6.15. The van der Waals surface area contributed by atoms with Crippen molar-refractivity contribution in [1.29, 1.82) is 0 Å². The van der Waals surface area contributed by atoms with Crippen LogP contribution in [0.4, 0.5) is 0 Å². The molecule has 0 aliphatic carbocycles.